The van der Waals surface area contributed by atoms with Crippen molar-refractivity contribution in [2.24, 2.45) is 5.92 Å². The molecule has 0 radical (unpaired) electrons. The fourth-order valence-corrected chi connectivity index (χ4v) is 4.69. The third-order valence-electron chi connectivity index (χ3n) is 6.59. The number of nitrogens with zero attached hydrogens (tertiary/aromatic N) is 1. The number of amides is 1. The molecule has 2 saturated heterocycles. The molecule has 3 rings (SSSR count). The molecular weight excluding hydrogens is 406 g/mol. The Morgan fingerprint density at radius 2 is 1.94 bits per heavy atom. The van der Waals surface area contributed by atoms with Gasteiger partial charge in [-0.3, -0.25) is 9.59 Å². The zero-order valence-corrected chi connectivity index (χ0v) is 19.0. The first-order valence-corrected chi connectivity index (χ1v) is 12.1. The molecule has 2 heterocycles. The lowest BCUT2D eigenvalue weighted by Gasteiger charge is -2.23. The van der Waals surface area contributed by atoms with Gasteiger partial charge in [0.05, 0.1) is 12.1 Å². The van der Waals surface area contributed by atoms with Crippen molar-refractivity contribution in [3.05, 3.63) is 47.5 Å². The summed E-state index contributed by atoms with van der Waals surface area (Å²) >= 11 is 0. The number of carboxylic acid groups (broad SMARTS) is 1. The summed E-state index contributed by atoms with van der Waals surface area (Å²) in [4.78, 5) is 24.8. The zero-order chi connectivity index (χ0) is 22.8. The van der Waals surface area contributed by atoms with Crippen molar-refractivity contribution < 1.29 is 24.5 Å². The second-order valence-corrected chi connectivity index (χ2v) is 9.09. The van der Waals surface area contributed by atoms with Crippen LogP contribution >= 0.6 is 0 Å². The fraction of sp³-hybridized carbons (Fsp3) is 0.615. The molecule has 2 aliphatic rings. The van der Waals surface area contributed by atoms with Gasteiger partial charge in [-0.05, 0) is 55.6 Å². The molecule has 1 unspecified atom stereocenters. The molecule has 0 bridgehead atoms. The van der Waals surface area contributed by atoms with Crippen LogP contribution in [0.4, 0.5) is 0 Å². The van der Waals surface area contributed by atoms with Gasteiger partial charge in [-0.1, -0.05) is 49.3 Å². The number of hydrogen-bond acceptors (Lipinski definition) is 4. The second kappa shape index (κ2) is 12.8. The highest BCUT2D eigenvalue weighted by atomic mass is 16.5. The highest BCUT2D eigenvalue weighted by Gasteiger charge is 2.28. The van der Waals surface area contributed by atoms with E-state index in [1.807, 2.05) is 29.2 Å². The number of aliphatic carboxylic acids is 1. The minimum absolute atomic E-state index is 0.0293. The molecule has 6 nitrogen and oxygen atoms in total. The van der Waals surface area contributed by atoms with E-state index in [1.165, 1.54) is 5.56 Å². The summed E-state index contributed by atoms with van der Waals surface area (Å²) in [6, 6.07) is 8.22. The van der Waals surface area contributed by atoms with Crippen molar-refractivity contribution >= 4 is 11.9 Å². The second-order valence-electron chi connectivity index (χ2n) is 9.09. The molecule has 2 N–H and O–H groups in total. The minimum Gasteiger partial charge on any atom is -0.481 e. The maximum atomic E-state index is 12.3. The number of ether oxygens (including phenoxy) is 1. The van der Waals surface area contributed by atoms with Crippen LogP contribution in [0.25, 0.3) is 0 Å². The Balaban J connectivity index is 1.48. The number of carboxylic acids is 1. The molecule has 6 heteroatoms. The summed E-state index contributed by atoms with van der Waals surface area (Å²) in [5.74, 6) is 0.0598. The van der Waals surface area contributed by atoms with Gasteiger partial charge in [-0.2, -0.15) is 0 Å². The van der Waals surface area contributed by atoms with Crippen LogP contribution < -0.4 is 0 Å². The highest BCUT2D eigenvalue weighted by Crippen LogP contribution is 2.25. The molecule has 0 saturated carbocycles. The molecule has 1 aromatic carbocycles. The van der Waals surface area contributed by atoms with Crippen LogP contribution in [0, 0.1) is 5.92 Å². The number of unbranched alkanes of at least 4 members (excludes halogenated alkanes) is 3. The lowest BCUT2D eigenvalue weighted by molar-refractivity contribution is -0.137. The Bertz CT molecular complexity index is 771. The predicted molar refractivity (Wildman–Crippen MR) is 123 cm³/mol. The molecule has 176 valence electrons. The molecule has 0 spiro atoms. The lowest BCUT2D eigenvalue weighted by Crippen LogP contribution is -2.32. The van der Waals surface area contributed by atoms with Gasteiger partial charge in [-0.15, -0.1) is 0 Å². The Morgan fingerprint density at radius 1 is 1.16 bits per heavy atom. The Kier molecular flexibility index (Phi) is 9.75. The fourth-order valence-electron chi connectivity index (χ4n) is 4.69. The first kappa shape index (κ1) is 24.5. The van der Waals surface area contributed by atoms with E-state index in [0.717, 1.165) is 63.7 Å². The van der Waals surface area contributed by atoms with Crippen LogP contribution in [-0.4, -0.2) is 52.8 Å². The van der Waals surface area contributed by atoms with Crippen LogP contribution in [0.5, 0.6) is 0 Å². The average molecular weight is 444 g/mol. The van der Waals surface area contributed by atoms with Gasteiger partial charge in [0.2, 0.25) is 5.91 Å². The number of carbonyl (C=O) groups is 2. The van der Waals surface area contributed by atoms with E-state index in [4.69, 9.17) is 9.84 Å². The summed E-state index contributed by atoms with van der Waals surface area (Å²) in [5, 5.41) is 19.4. The van der Waals surface area contributed by atoms with E-state index in [9.17, 15) is 14.7 Å². The van der Waals surface area contributed by atoms with Crippen molar-refractivity contribution in [1.82, 2.24) is 4.90 Å². The number of benzene rings is 1. The van der Waals surface area contributed by atoms with Gasteiger partial charge in [-0.25, -0.2) is 0 Å². The van der Waals surface area contributed by atoms with E-state index in [2.05, 4.69) is 12.1 Å². The monoisotopic (exact) mass is 443 g/mol. The summed E-state index contributed by atoms with van der Waals surface area (Å²) in [6.07, 6.45) is 11.2. The van der Waals surface area contributed by atoms with Crippen molar-refractivity contribution in [1.29, 1.82) is 0 Å². The largest absolute Gasteiger partial charge is 0.481 e. The smallest absolute Gasteiger partial charge is 0.303 e. The number of carbonyl (C=O) groups excluding carboxylic acids is 1. The lowest BCUT2D eigenvalue weighted by atomic mass is 9.91. The Hall–Kier alpha value is -2.18. The van der Waals surface area contributed by atoms with Crippen LogP contribution in [0.2, 0.25) is 0 Å². The van der Waals surface area contributed by atoms with E-state index >= 15 is 0 Å². The van der Waals surface area contributed by atoms with E-state index < -0.39 is 12.1 Å². The summed E-state index contributed by atoms with van der Waals surface area (Å²) in [5.41, 5.74) is 2.14. The molecule has 1 aromatic rings. The Labute approximate surface area is 191 Å². The molecule has 32 heavy (non-hydrogen) atoms. The van der Waals surface area contributed by atoms with Crippen molar-refractivity contribution in [2.75, 3.05) is 19.8 Å². The number of hydrogen-bond donors (Lipinski definition) is 2. The molecule has 1 amide bonds. The highest BCUT2D eigenvalue weighted by molar-refractivity contribution is 5.79. The van der Waals surface area contributed by atoms with Crippen molar-refractivity contribution in [3.8, 4) is 0 Å². The third-order valence-corrected chi connectivity index (χ3v) is 6.59. The normalized spacial score (nSPS) is 20.8. The average Bonchev–Trinajstić information content (AvgIpc) is 3.14. The third kappa shape index (κ3) is 7.75. The summed E-state index contributed by atoms with van der Waals surface area (Å²) < 4.78 is 5.45. The quantitative estimate of drug-likeness (QED) is 0.372. The number of likely N-dealkylation sites (tertiary alicyclic amines) is 1. The molecular formula is C26H37NO5. The van der Waals surface area contributed by atoms with E-state index in [0.29, 0.717) is 25.3 Å². The SMILES string of the molecule is O=C(O)CCCCCCN1C(=O)CCC1/C=C/[C@@H](O)c1cccc(CC2CCOCC2)c1. The molecule has 2 atom stereocenters. The van der Waals surface area contributed by atoms with Gasteiger partial charge < -0.3 is 19.8 Å². The molecule has 2 aliphatic heterocycles. The van der Waals surface area contributed by atoms with Crippen LogP contribution in [0.3, 0.4) is 0 Å². The predicted octanol–water partition coefficient (Wildman–Crippen LogP) is 4.27. The standard InChI is InChI=1S/C26H37NO5/c28-24(22-7-5-6-21(19-22)18-20-13-16-32-17-14-20)11-9-23-10-12-25(29)27(23)15-4-2-1-3-8-26(30)31/h5-7,9,11,19-20,23-24,28H,1-4,8,10,12-18H2,(H,30,31)/b11-9+/t23?,24-/m1/s1. The molecule has 0 aliphatic carbocycles. The van der Waals surface area contributed by atoms with Gasteiger partial charge >= 0.3 is 5.97 Å². The zero-order valence-electron chi connectivity index (χ0n) is 19.0. The van der Waals surface area contributed by atoms with E-state index in [-0.39, 0.29) is 18.4 Å². The Morgan fingerprint density at radius 3 is 2.72 bits per heavy atom. The maximum Gasteiger partial charge on any atom is 0.303 e. The summed E-state index contributed by atoms with van der Waals surface area (Å²) in [6.45, 7) is 2.38. The van der Waals surface area contributed by atoms with Crippen molar-refractivity contribution in [2.45, 2.75) is 76.4 Å². The number of aliphatic hydroxyl groups excluding tert-OH is 1. The maximum absolute atomic E-state index is 12.3. The van der Waals surface area contributed by atoms with Gasteiger partial charge in [0, 0.05) is 32.6 Å². The minimum atomic E-state index is -0.752. The van der Waals surface area contributed by atoms with Crippen LogP contribution in [0.15, 0.2) is 36.4 Å². The number of aliphatic hydroxyl groups is 1. The molecule has 0 aromatic heterocycles. The van der Waals surface area contributed by atoms with Gasteiger partial charge in [0.25, 0.3) is 0 Å². The van der Waals surface area contributed by atoms with Crippen LogP contribution in [-0.2, 0) is 20.7 Å². The first-order chi connectivity index (χ1) is 15.5. The first-order valence-electron chi connectivity index (χ1n) is 12.1. The summed E-state index contributed by atoms with van der Waals surface area (Å²) in [7, 11) is 0. The van der Waals surface area contributed by atoms with Gasteiger partial charge in [0.15, 0.2) is 0 Å². The van der Waals surface area contributed by atoms with E-state index in [1.54, 1.807) is 0 Å². The van der Waals surface area contributed by atoms with Crippen molar-refractivity contribution in [3.63, 3.8) is 0 Å². The topological polar surface area (TPSA) is 87.1 Å². The van der Waals surface area contributed by atoms with Gasteiger partial charge in [0.1, 0.15) is 0 Å². The van der Waals surface area contributed by atoms with Crippen LogP contribution in [0.1, 0.15) is 75.0 Å². The molecule has 2 fully saturated rings. The number of rotatable bonds is 12.